The maximum atomic E-state index is 13.0. The Labute approximate surface area is 167 Å². The van der Waals surface area contributed by atoms with Gasteiger partial charge in [-0.2, -0.15) is 0 Å². The summed E-state index contributed by atoms with van der Waals surface area (Å²) in [6.07, 6.45) is 9.74. The van der Waals surface area contributed by atoms with Crippen molar-refractivity contribution in [3.63, 3.8) is 0 Å². The van der Waals surface area contributed by atoms with E-state index in [0.717, 1.165) is 43.2 Å². The fraction of sp³-hybridized carbons (Fsp3) is 0.565. The van der Waals surface area contributed by atoms with E-state index in [0.29, 0.717) is 18.2 Å². The van der Waals surface area contributed by atoms with Crippen LogP contribution < -0.4 is 4.74 Å². The van der Waals surface area contributed by atoms with Crippen molar-refractivity contribution in [2.75, 3.05) is 13.7 Å². The number of carbonyl (C=O) groups excluding carboxylic acids is 1. The van der Waals surface area contributed by atoms with Gasteiger partial charge in [0, 0.05) is 31.4 Å². The van der Waals surface area contributed by atoms with Crippen LogP contribution in [0.1, 0.15) is 68.1 Å². The molecule has 2 aliphatic rings. The van der Waals surface area contributed by atoms with Crippen LogP contribution in [0.5, 0.6) is 5.75 Å². The molecule has 1 unspecified atom stereocenters. The molecule has 1 amide bonds. The van der Waals surface area contributed by atoms with E-state index in [4.69, 9.17) is 9.72 Å². The standard InChI is InChI=1S/C23H31N3O2/c1-17-15-24-23(26(17)16-19-9-11-20(28-2)12-10-19)21-8-5-13-25(21)22(27)14-18-6-3-4-7-18/h9-12,15,18,21H,3-8,13-14,16H2,1-2H3. The predicted octanol–water partition coefficient (Wildman–Crippen LogP) is 4.49. The maximum absolute atomic E-state index is 13.0. The van der Waals surface area contributed by atoms with E-state index in [1.807, 2.05) is 18.3 Å². The molecule has 5 heteroatoms. The molecule has 4 rings (SSSR count). The van der Waals surface area contributed by atoms with Crippen molar-refractivity contribution in [2.45, 2.75) is 64.5 Å². The molecule has 0 spiro atoms. The van der Waals surface area contributed by atoms with Gasteiger partial charge in [-0.3, -0.25) is 4.79 Å². The minimum atomic E-state index is 0.112. The van der Waals surface area contributed by atoms with Gasteiger partial charge in [0.2, 0.25) is 5.91 Å². The van der Waals surface area contributed by atoms with Crippen LogP contribution >= 0.6 is 0 Å². The summed E-state index contributed by atoms with van der Waals surface area (Å²) in [4.78, 5) is 19.8. The highest BCUT2D eigenvalue weighted by Crippen LogP contribution is 2.35. The summed E-state index contributed by atoms with van der Waals surface area (Å²) < 4.78 is 7.54. The van der Waals surface area contributed by atoms with E-state index in [9.17, 15) is 4.79 Å². The van der Waals surface area contributed by atoms with Crippen molar-refractivity contribution < 1.29 is 9.53 Å². The van der Waals surface area contributed by atoms with Crippen molar-refractivity contribution >= 4 is 5.91 Å². The molecular weight excluding hydrogens is 350 g/mol. The SMILES string of the molecule is COc1ccc(Cn2c(C)cnc2C2CCCN2C(=O)CC2CCCC2)cc1. The van der Waals surface area contributed by atoms with Crippen LogP contribution in [0, 0.1) is 12.8 Å². The number of benzene rings is 1. The van der Waals surface area contributed by atoms with Gasteiger partial charge >= 0.3 is 0 Å². The third-order valence-electron chi connectivity index (χ3n) is 6.39. The molecule has 0 N–H and O–H groups in total. The van der Waals surface area contributed by atoms with Crippen LogP contribution in [0.25, 0.3) is 0 Å². The molecule has 5 nitrogen and oxygen atoms in total. The molecule has 1 aliphatic heterocycles. The summed E-state index contributed by atoms with van der Waals surface area (Å²) >= 11 is 0. The summed E-state index contributed by atoms with van der Waals surface area (Å²) in [5, 5.41) is 0. The first-order valence-electron chi connectivity index (χ1n) is 10.6. The number of nitrogens with zero attached hydrogens (tertiary/aromatic N) is 3. The minimum absolute atomic E-state index is 0.112. The summed E-state index contributed by atoms with van der Waals surface area (Å²) in [6, 6.07) is 8.29. The van der Waals surface area contributed by atoms with E-state index in [1.54, 1.807) is 7.11 Å². The number of imidazole rings is 1. The van der Waals surface area contributed by atoms with Crippen LogP contribution in [0.2, 0.25) is 0 Å². The molecule has 2 heterocycles. The molecule has 150 valence electrons. The van der Waals surface area contributed by atoms with Crippen LogP contribution in [-0.2, 0) is 11.3 Å². The second-order valence-corrected chi connectivity index (χ2v) is 8.29. The zero-order chi connectivity index (χ0) is 19.5. The number of hydrogen-bond donors (Lipinski definition) is 0. The Bertz CT molecular complexity index is 806. The van der Waals surface area contributed by atoms with E-state index < -0.39 is 0 Å². The molecule has 1 aromatic carbocycles. The Morgan fingerprint density at radius 1 is 1.14 bits per heavy atom. The zero-order valence-corrected chi connectivity index (χ0v) is 17.1. The molecule has 2 aromatic rings. The van der Waals surface area contributed by atoms with Gasteiger partial charge in [-0.1, -0.05) is 25.0 Å². The molecule has 1 saturated carbocycles. The number of carbonyl (C=O) groups is 1. The van der Waals surface area contributed by atoms with Crippen molar-refractivity contribution in [1.29, 1.82) is 0 Å². The fourth-order valence-electron chi connectivity index (χ4n) is 4.78. The highest BCUT2D eigenvalue weighted by molar-refractivity contribution is 5.77. The first-order chi connectivity index (χ1) is 13.7. The second-order valence-electron chi connectivity index (χ2n) is 8.29. The Morgan fingerprint density at radius 2 is 1.89 bits per heavy atom. The summed E-state index contributed by atoms with van der Waals surface area (Å²) in [5.74, 6) is 2.82. The lowest BCUT2D eigenvalue weighted by atomic mass is 10.0. The number of aryl methyl sites for hydroxylation is 1. The van der Waals surface area contributed by atoms with Crippen LogP contribution in [0.4, 0.5) is 0 Å². The van der Waals surface area contributed by atoms with Crippen molar-refractivity contribution in [1.82, 2.24) is 14.5 Å². The lowest BCUT2D eigenvalue weighted by Gasteiger charge is -2.26. The van der Waals surface area contributed by atoms with Crippen molar-refractivity contribution in [3.8, 4) is 5.75 Å². The van der Waals surface area contributed by atoms with Gasteiger partial charge in [-0.05, 0) is 56.2 Å². The number of methoxy groups -OCH3 is 1. The van der Waals surface area contributed by atoms with Gasteiger partial charge in [0.15, 0.2) is 0 Å². The first kappa shape index (κ1) is 19.0. The predicted molar refractivity (Wildman–Crippen MR) is 109 cm³/mol. The van der Waals surface area contributed by atoms with Gasteiger partial charge in [0.1, 0.15) is 11.6 Å². The number of rotatable bonds is 6. The average molecular weight is 382 g/mol. The van der Waals surface area contributed by atoms with Gasteiger partial charge in [0.25, 0.3) is 0 Å². The summed E-state index contributed by atoms with van der Waals surface area (Å²) in [6.45, 7) is 3.73. The molecule has 0 bridgehead atoms. The van der Waals surface area contributed by atoms with Crippen molar-refractivity contribution in [3.05, 3.63) is 47.5 Å². The Morgan fingerprint density at radius 3 is 2.61 bits per heavy atom. The average Bonchev–Trinajstić information content (AvgIpc) is 3.45. The minimum Gasteiger partial charge on any atom is -0.497 e. The zero-order valence-electron chi connectivity index (χ0n) is 17.1. The lowest BCUT2D eigenvalue weighted by Crippen LogP contribution is -2.33. The number of amides is 1. The largest absolute Gasteiger partial charge is 0.497 e. The van der Waals surface area contributed by atoms with Gasteiger partial charge in [-0.25, -0.2) is 4.98 Å². The topological polar surface area (TPSA) is 47.4 Å². The lowest BCUT2D eigenvalue weighted by molar-refractivity contribution is -0.133. The van der Waals surface area contributed by atoms with E-state index in [1.165, 1.54) is 31.2 Å². The molecule has 28 heavy (non-hydrogen) atoms. The fourth-order valence-corrected chi connectivity index (χ4v) is 4.78. The molecule has 1 aliphatic carbocycles. The number of aromatic nitrogens is 2. The van der Waals surface area contributed by atoms with Crippen LogP contribution in [0.3, 0.4) is 0 Å². The molecule has 1 saturated heterocycles. The second kappa shape index (κ2) is 8.38. The molecule has 1 atom stereocenters. The highest BCUT2D eigenvalue weighted by Gasteiger charge is 2.34. The number of ether oxygens (including phenoxy) is 1. The van der Waals surface area contributed by atoms with Gasteiger partial charge in [0.05, 0.1) is 13.2 Å². The molecule has 0 radical (unpaired) electrons. The Kier molecular flexibility index (Phi) is 5.69. The smallest absolute Gasteiger partial charge is 0.223 e. The van der Waals surface area contributed by atoms with Gasteiger partial charge in [-0.15, -0.1) is 0 Å². The maximum Gasteiger partial charge on any atom is 0.223 e. The van der Waals surface area contributed by atoms with Crippen molar-refractivity contribution in [2.24, 2.45) is 5.92 Å². The molecule has 2 fully saturated rings. The third kappa shape index (κ3) is 3.94. The van der Waals surface area contributed by atoms with Gasteiger partial charge < -0.3 is 14.2 Å². The normalized spacial score (nSPS) is 20.1. The Balaban J connectivity index is 1.52. The van der Waals surface area contributed by atoms with E-state index >= 15 is 0 Å². The first-order valence-corrected chi connectivity index (χ1v) is 10.6. The van der Waals surface area contributed by atoms with Crippen LogP contribution in [-0.4, -0.2) is 34.0 Å². The molecule has 1 aromatic heterocycles. The highest BCUT2D eigenvalue weighted by atomic mass is 16.5. The third-order valence-corrected chi connectivity index (χ3v) is 6.39. The summed E-state index contributed by atoms with van der Waals surface area (Å²) in [7, 11) is 1.68. The van der Waals surface area contributed by atoms with Crippen LogP contribution in [0.15, 0.2) is 30.5 Å². The monoisotopic (exact) mass is 381 g/mol. The molecular formula is C23H31N3O2. The van der Waals surface area contributed by atoms with E-state index in [2.05, 4.69) is 28.5 Å². The number of likely N-dealkylation sites (tertiary alicyclic amines) is 1. The summed E-state index contributed by atoms with van der Waals surface area (Å²) in [5.41, 5.74) is 2.35. The number of hydrogen-bond acceptors (Lipinski definition) is 3. The Hall–Kier alpha value is -2.30. The quantitative estimate of drug-likeness (QED) is 0.740. The van der Waals surface area contributed by atoms with E-state index in [-0.39, 0.29) is 6.04 Å².